The van der Waals surface area contributed by atoms with Crippen LogP contribution in [0.5, 0.6) is 0 Å². The van der Waals surface area contributed by atoms with Crippen LogP contribution in [-0.4, -0.2) is 9.97 Å². The van der Waals surface area contributed by atoms with Gasteiger partial charge in [0, 0.05) is 52.2 Å². The minimum atomic E-state index is -0.813. The highest BCUT2D eigenvalue weighted by Crippen LogP contribution is 2.64. The van der Waals surface area contributed by atoms with E-state index in [1.807, 2.05) is 12.4 Å². The Morgan fingerprint density at radius 2 is 0.697 bits per heavy atom. The first-order chi connectivity index (χ1) is 32.7. The Morgan fingerprint density at radius 3 is 1.17 bits per heavy atom. The van der Waals surface area contributed by atoms with Crippen molar-refractivity contribution in [3.63, 3.8) is 0 Å². The van der Waals surface area contributed by atoms with Gasteiger partial charge in [0.15, 0.2) is 0 Å². The zero-order valence-electron chi connectivity index (χ0n) is 35.9. The normalized spacial score (nSPS) is 12.9. The van der Waals surface area contributed by atoms with E-state index >= 15 is 0 Å². The molecule has 5 nitrogen and oxygen atoms in total. The van der Waals surface area contributed by atoms with Crippen LogP contribution in [0.4, 0.5) is 51.2 Å². The van der Waals surface area contributed by atoms with Gasteiger partial charge in [-0.1, -0.05) is 127 Å². The third-order valence-electron chi connectivity index (χ3n) is 13.4. The van der Waals surface area contributed by atoms with Crippen LogP contribution in [0.1, 0.15) is 22.3 Å². The van der Waals surface area contributed by atoms with E-state index in [0.717, 1.165) is 84.8 Å². The number of pyridine rings is 2. The number of nitrogens with zero attached hydrogens (tertiary/aromatic N) is 5. The number of anilines is 9. The minimum Gasteiger partial charge on any atom is -0.310 e. The smallest absolute Gasteiger partial charge is 0.0937 e. The summed E-state index contributed by atoms with van der Waals surface area (Å²) in [6.07, 6.45) is 3.80. The molecule has 13 rings (SSSR count). The molecule has 0 radical (unpaired) electrons. The quantitative estimate of drug-likeness (QED) is 0.160. The summed E-state index contributed by atoms with van der Waals surface area (Å²) < 4.78 is 0. The first-order valence-electron chi connectivity index (χ1n) is 22.5. The molecule has 310 valence electrons. The molecule has 0 N–H and O–H groups in total. The Bertz CT molecular complexity index is 3410. The van der Waals surface area contributed by atoms with Crippen molar-refractivity contribution < 1.29 is 0 Å². The summed E-state index contributed by atoms with van der Waals surface area (Å²) in [7, 11) is 0. The van der Waals surface area contributed by atoms with Crippen LogP contribution in [-0.2, 0) is 5.41 Å². The van der Waals surface area contributed by atoms with Gasteiger partial charge in [-0.15, -0.1) is 0 Å². The summed E-state index contributed by atoms with van der Waals surface area (Å²) in [5.41, 5.74) is 15.2. The molecule has 1 aliphatic carbocycles. The van der Waals surface area contributed by atoms with Crippen LogP contribution in [0.3, 0.4) is 0 Å². The SMILES string of the molecule is c1ccc(N(c2ccc3c(c2)C2(c4cc(N(c5ccccc5)c5ccc6ccccc6c5)ccc4N3c3ccccc3)c3cccnc3-c3ncccc32)c2ccc3ccccc3c2)cc1. The van der Waals surface area contributed by atoms with Crippen LogP contribution in [0, 0.1) is 0 Å². The molecule has 66 heavy (non-hydrogen) atoms. The van der Waals surface area contributed by atoms with E-state index in [1.54, 1.807) is 0 Å². The number of para-hydroxylation sites is 3. The summed E-state index contributed by atoms with van der Waals surface area (Å²) in [6, 6.07) is 85.7. The molecule has 0 saturated heterocycles. The molecule has 0 fully saturated rings. The van der Waals surface area contributed by atoms with E-state index in [1.165, 1.54) is 21.5 Å². The zero-order chi connectivity index (χ0) is 43.6. The van der Waals surface area contributed by atoms with Gasteiger partial charge < -0.3 is 14.7 Å². The maximum absolute atomic E-state index is 5.14. The first-order valence-corrected chi connectivity index (χ1v) is 22.5. The van der Waals surface area contributed by atoms with Gasteiger partial charge in [-0.05, 0) is 153 Å². The third kappa shape index (κ3) is 5.80. The summed E-state index contributed by atoms with van der Waals surface area (Å²) in [5.74, 6) is 0. The Balaban J connectivity index is 1.13. The van der Waals surface area contributed by atoms with E-state index in [2.05, 4.69) is 251 Å². The van der Waals surface area contributed by atoms with Crippen molar-refractivity contribution >= 4 is 72.7 Å². The lowest BCUT2D eigenvalue weighted by Crippen LogP contribution is -2.36. The molecule has 1 aliphatic heterocycles. The summed E-state index contributed by atoms with van der Waals surface area (Å²) in [6.45, 7) is 0. The van der Waals surface area contributed by atoms with Gasteiger partial charge in [0.25, 0.3) is 0 Å². The topological polar surface area (TPSA) is 35.5 Å². The van der Waals surface area contributed by atoms with Crippen molar-refractivity contribution in [1.82, 2.24) is 9.97 Å². The van der Waals surface area contributed by atoms with Crippen molar-refractivity contribution in [3.05, 3.63) is 271 Å². The van der Waals surface area contributed by atoms with E-state index in [9.17, 15) is 0 Å². The lowest BCUT2D eigenvalue weighted by molar-refractivity contribution is 0.749. The number of hydrogen-bond donors (Lipinski definition) is 0. The van der Waals surface area contributed by atoms with Gasteiger partial charge >= 0.3 is 0 Å². The second-order valence-electron chi connectivity index (χ2n) is 17.0. The lowest BCUT2D eigenvalue weighted by atomic mass is 9.64. The molecular weight excluding hydrogens is 803 g/mol. The van der Waals surface area contributed by atoms with Gasteiger partial charge in [-0.2, -0.15) is 0 Å². The van der Waals surface area contributed by atoms with Crippen molar-refractivity contribution in [1.29, 1.82) is 0 Å². The molecule has 2 aliphatic rings. The predicted molar refractivity (Wildman–Crippen MR) is 272 cm³/mol. The predicted octanol–water partition coefficient (Wildman–Crippen LogP) is 15.9. The maximum atomic E-state index is 5.14. The standard InChI is InChI=1S/C61H41N5/c1-4-20-46(21-5-1)64(49-30-28-42-16-10-12-18-44(42)38-49)51-32-34-57-55(40-51)61(53-26-14-36-62-59(53)60-54(61)27-15-37-63-60)56-41-52(33-35-58(56)66(57)48-24-8-3-9-25-48)65(47-22-6-2-7-23-47)50-31-29-43-17-11-13-19-45(43)39-50/h1-41H. The van der Waals surface area contributed by atoms with Crippen LogP contribution in [0.25, 0.3) is 32.9 Å². The summed E-state index contributed by atoms with van der Waals surface area (Å²) in [5, 5.41) is 4.79. The number of hydrogen-bond acceptors (Lipinski definition) is 5. The Morgan fingerprint density at radius 1 is 0.303 bits per heavy atom. The fourth-order valence-electron chi connectivity index (χ4n) is 10.6. The first kappa shape index (κ1) is 37.7. The molecule has 9 aromatic carbocycles. The highest BCUT2D eigenvalue weighted by molar-refractivity contribution is 5.98. The highest BCUT2D eigenvalue weighted by Gasteiger charge is 2.53. The van der Waals surface area contributed by atoms with Crippen LogP contribution >= 0.6 is 0 Å². The van der Waals surface area contributed by atoms with Crippen LogP contribution in [0.15, 0.2) is 249 Å². The molecule has 2 aromatic heterocycles. The van der Waals surface area contributed by atoms with E-state index in [-0.39, 0.29) is 0 Å². The van der Waals surface area contributed by atoms with Gasteiger partial charge in [0.05, 0.1) is 28.2 Å². The molecule has 0 atom stereocenters. The molecule has 5 heteroatoms. The highest BCUT2D eigenvalue weighted by atomic mass is 15.2. The molecule has 11 aromatic rings. The second kappa shape index (κ2) is 15.2. The number of benzene rings is 9. The average Bonchev–Trinajstić information content (AvgIpc) is 3.68. The average molecular weight is 844 g/mol. The molecule has 0 unspecified atom stereocenters. The molecular formula is C61H41N5. The molecule has 0 amide bonds. The van der Waals surface area contributed by atoms with Crippen molar-refractivity contribution in [3.8, 4) is 11.4 Å². The summed E-state index contributed by atoms with van der Waals surface area (Å²) >= 11 is 0. The molecule has 3 heterocycles. The molecule has 0 bridgehead atoms. The van der Waals surface area contributed by atoms with Crippen LogP contribution in [0.2, 0.25) is 0 Å². The van der Waals surface area contributed by atoms with Gasteiger partial charge in [-0.25, -0.2) is 0 Å². The van der Waals surface area contributed by atoms with Gasteiger partial charge in [0.2, 0.25) is 0 Å². The maximum Gasteiger partial charge on any atom is 0.0937 e. The monoisotopic (exact) mass is 843 g/mol. The van der Waals surface area contributed by atoms with Crippen LogP contribution < -0.4 is 14.7 Å². The third-order valence-corrected chi connectivity index (χ3v) is 13.4. The van der Waals surface area contributed by atoms with Crippen molar-refractivity contribution in [2.24, 2.45) is 0 Å². The van der Waals surface area contributed by atoms with Gasteiger partial charge in [-0.3, -0.25) is 9.97 Å². The Labute approximate surface area is 383 Å². The lowest BCUT2D eigenvalue weighted by Gasteiger charge is -2.45. The fourth-order valence-corrected chi connectivity index (χ4v) is 10.6. The molecule has 1 spiro atoms. The summed E-state index contributed by atoms with van der Waals surface area (Å²) in [4.78, 5) is 17.5. The van der Waals surface area contributed by atoms with Gasteiger partial charge in [0.1, 0.15) is 0 Å². The largest absolute Gasteiger partial charge is 0.310 e. The van der Waals surface area contributed by atoms with Crippen molar-refractivity contribution in [2.75, 3.05) is 14.7 Å². The number of aromatic nitrogens is 2. The van der Waals surface area contributed by atoms with Crippen molar-refractivity contribution in [2.45, 2.75) is 5.41 Å². The minimum absolute atomic E-state index is 0.813. The fraction of sp³-hybridized carbons (Fsp3) is 0.0164. The van der Waals surface area contributed by atoms with E-state index < -0.39 is 5.41 Å². The zero-order valence-corrected chi connectivity index (χ0v) is 35.9. The number of rotatable bonds is 7. The molecule has 0 saturated carbocycles. The number of fused-ring (bicyclic) bond motifs is 11. The Kier molecular flexibility index (Phi) is 8.68. The van der Waals surface area contributed by atoms with E-state index in [4.69, 9.17) is 9.97 Å². The van der Waals surface area contributed by atoms with E-state index in [0.29, 0.717) is 0 Å². The Hall–Kier alpha value is -8.80. The second-order valence-corrected chi connectivity index (χ2v) is 17.0.